The molecule has 0 aliphatic heterocycles. The minimum absolute atomic E-state index is 0.0261. The lowest BCUT2D eigenvalue weighted by atomic mass is 10.1. The molecule has 0 heterocycles. The van der Waals surface area contributed by atoms with E-state index in [1.165, 1.54) is 12.1 Å². The Hall–Kier alpha value is -3.41. The molecular weight excluding hydrogens is 574 g/mol. The maximum Gasteiger partial charge on any atom is 0.264 e. The first-order chi connectivity index (χ1) is 18.3. The maximum absolute atomic E-state index is 13.6. The molecule has 2 N–H and O–H groups in total. The molecule has 0 bridgehead atoms. The highest BCUT2D eigenvalue weighted by molar-refractivity contribution is 9.10. The van der Waals surface area contributed by atoms with Crippen LogP contribution in [0.4, 0.5) is 11.4 Å². The number of carbonyl (C=O) groups is 2. The van der Waals surface area contributed by atoms with Gasteiger partial charge in [0.15, 0.2) is 0 Å². The summed E-state index contributed by atoms with van der Waals surface area (Å²) in [6.07, 6.45) is 0.641. The summed E-state index contributed by atoms with van der Waals surface area (Å²) >= 11 is 3.31. The van der Waals surface area contributed by atoms with Crippen LogP contribution < -0.4 is 19.7 Å². The first-order valence-corrected chi connectivity index (χ1v) is 14.2. The first kappa shape index (κ1) is 29.2. The number of hydrogen-bond acceptors (Lipinski definition) is 6. The highest BCUT2D eigenvalue weighted by atomic mass is 79.9. The number of methoxy groups -OCH3 is 1. The number of nitrogens with one attached hydrogen (secondary N) is 2. The average Bonchev–Trinajstić information content (AvgIpc) is 2.91. The van der Waals surface area contributed by atoms with E-state index in [2.05, 4.69) is 26.6 Å². The Labute approximate surface area is 231 Å². The summed E-state index contributed by atoms with van der Waals surface area (Å²) in [5.74, 6) is -0.394. The maximum atomic E-state index is 13.6. The first-order valence-electron chi connectivity index (χ1n) is 11.9. The SMILES string of the molecule is CCOc1ccc(N(CC(=O)Nc2ccccc2C(=O)NCCCOC)S(=O)(=O)c2ccc(Br)cc2)cc1. The number of hydrogen-bond donors (Lipinski definition) is 2. The van der Waals surface area contributed by atoms with Gasteiger partial charge in [0.1, 0.15) is 12.3 Å². The zero-order valence-corrected chi connectivity index (χ0v) is 23.5. The number of amides is 2. The second-order valence-corrected chi connectivity index (χ2v) is 10.9. The molecule has 0 atom stereocenters. The molecule has 0 aliphatic carbocycles. The quantitative estimate of drug-likeness (QED) is 0.279. The van der Waals surface area contributed by atoms with Gasteiger partial charge in [-0.2, -0.15) is 0 Å². The molecule has 3 aromatic rings. The minimum Gasteiger partial charge on any atom is -0.494 e. The number of halogens is 1. The molecule has 0 saturated heterocycles. The largest absolute Gasteiger partial charge is 0.494 e. The molecule has 202 valence electrons. The van der Waals surface area contributed by atoms with Gasteiger partial charge in [-0.1, -0.05) is 28.1 Å². The van der Waals surface area contributed by atoms with Gasteiger partial charge in [-0.15, -0.1) is 0 Å². The zero-order chi connectivity index (χ0) is 27.5. The molecule has 9 nitrogen and oxygen atoms in total. The summed E-state index contributed by atoms with van der Waals surface area (Å²) in [7, 11) is -2.52. The number of nitrogens with zero attached hydrogens (tertiary/aromatic N) is 1. The van der Waals surface area contributed by atoms with Gasteiger partial charge in [-0.05, 0) is 74.0 Å². The van der Waals surface area contributed by atoms with Crippen molar-refractivity contribution in [1.82, 2.24) is 5.32 Å². The average molecular weight is 605 g/mol. The Bertz CT molecular complexity index is 1330. The van der Waals surface area contributed by atoms with Crippen molar-refractivity contribution in [3.8, 4) is 5.75 Å². The molecule has 0 spiro atoms. The molecule has 0 aromatic heterocycles. The smallest absolute Gasteiger partial charge is 0.264 e. The van der Waals surface area contributed by atoms with Crippen LogP contribution in [0, 0.1) is 0 Å². The second-order valence-electron chi connectivity index (χ2n) is 8.09. The van der Waals surface area contributed by atoms with Crippen molar-refractivity contribution < 1.29 is 27.5 Å². The van der Waals surface area contributed by atoms with Crippen LogP contribution in [-0.2, 0) is 19.6 Å². The number of sulfonamides is 1. The van der Waals surface area contributed by atoms with Gasteiger partial charge < -0.3 is 20.1 Å². The summed E-state index contributed by atoms with van der Waals surface area (Å²) in [4.78, 5) is 25.9. The lowest BCUT2D eigenvalue weighted by Crippen LogP contribution is -2.38. The Morgan fingerprint density at radius 3 is 2.32 bits per heavy atom. The van der Waals surface area contributed by atoms with Crippen molar-refractivity contribution in [3.63, 3.8) is 0 Å². The van der Waals surface area contributed by atoms with Gasteiger partial charge in [-0.3, -0.25) is 13.9 Å². The minimum atomic E-state index is -4.11. The Morgan fingerprint density at radius 2 is 1.66 bits per heavy atom. The van der Waals surface area contributed by atoms with E-state index in [-0.39, 0.29) is 27.7 Å². The zero-order valence-electron chi connectivity index (χ0n) is 21.1. The molecule has 0 radical (unpaired) electrons. The van der Waals surface area contributed by atoms with Crippen molar-refractivity contribution >= 4 is 49.1 Å². The van der Waals surface area contributed by atoms with E-state index >= 15 is 0 Å². The summed E-state index contributed by atoms with van der Waals surface area (Å²) in [6.45, 7) is 2.71. The number of ether oxygens (including phenoxy) is 2. The fourth-order valence-electron chi connectivity index (χ4n) is 3.55. The van der Waals surface area contributed by atoms with Crippen LogP contribution in [0.3, 0.4) is 0 Å². The van der Waals surface area contributed by atoms with Crippen LogP contribution in [0.15, 0.2) is 82.2 Å². The predicted octanol–water partition coefficient (Wildman–Crippen LogP) is 4.45. The standard InChI is InChI=1S/C27H30BrN3O6S/c1-3-37-22-13-11-21(12-14-22)31(38(34,35)23-15-9-20(28)10-16-23)19-26(32)30-25-8-5-4-7-24(25)27(33)29-17-6-18-36-2/h4-5,7-16H,3,6,17-19H2,1-2H3,(H,29,33)(H,30,32). The molecule has 0 unspecified atom stereocenters. The second kappa shape index (κ2) is 13.9. The van der Waals surface area contributed by atoms with Gasteiger partial charge in [0.05, 0.1) is 28.4 Å². The van der Waals surface area contributed by atoms with E-state index in [4.69, 9.17) is 9.47 Å². The fourth-order valence-corrected chi connectivity index (χ4v) is 5.23. The fraction of sp³-hybridized carbons (Fsp3) is 0.259. The van der Waals surface area contributed by atoms with Crippen LogP contribution in [0.5, 0.6) is 5.75 Å². The predicted molar refractivity (Wildman–Crippen MR) is 150 cm³/mol. The highest BCUT2D eigenvalue weighted by Gasteiger charge is 2.28. The van der Waals surface area contributed by atoms with E-state index in [1.54, 1.807) is 67.8 Å². The van der Waals surface area contributed by atoms with Crippen LogP contribution in [0.2, 0.25) is 0 Å². The number of anilines is 2. The summed E-state index contributed by atoms with van der Waals surface area (Å²) in [6, 6.07) is 19.1. The van der Waals surface area contributed by atoms with E-state index in [9.17, 15) is 18.0 Å². The summed E-state index contributed by atoms with van der Waals surface area (Å²) < 4.78 is 39.4. The number of para-hydroxylation sites is 1. The third-order valence-corrected chi connectivity index (χ3v) is 7.70. The molecule has 3 aromatic carbocycles. The normalized spacial score (nSPS) is 11.0. The van der Waals surface area contributed by atoms with Crippen molar-refractivity contribution in [2.75, 3.05) is 43.0 Å². The van der Waals surface area contributed by atoms with Crippen molar-refractivity contribution in [3.05, 3.63) is 82.8 Å². The Balaban J connectivity index is 1.86. The summed E-state index contributed by atoms with van der Waals surface area (Å²) in [5.41, 5.74) is 0.826. The molecule has 3 rings (SSSR count). The van der Waals surface area contributed by atoms with Crippen molar-refractivity contribution in [2.24, 2.45) is 0 Å². The third kappa shape index (κ3) is 7.80. The van der Waals surface area contributed by atoms with Crippen LogP contribution in [0.1, 0.15) is 23.7 Å². The molecule has 0 saturated carbocycles. The van der Waals surface area contributed by atoms with Crippen LogP contribution in [-0.4, -0.2) is 53.6 Å². The molecular formula is C27H30BrN3O6S. The molecule has 2 amide bonds. The molecule has 0 aliphatic rings. The molecule has 11 heteroatoms. The molecule has 0 fully saturated rings. The van der Waals surface area contributed by atoms with E-state index in [0.717, 1.165) is 8.78 Å². The Morgan fingerprint density at radius 1 is 0.974 bits per heavy atom. The van der Waals surface area contributed by atoms with Gasteiger partial charge in [0.2, 0.25) is 5.91 Å². The van der Waals surface area contributed by atoms with Gasteiger partial charge in [0.25, 0.3) is 15.9 Å². The Kier molecular flexibility index (Phi) is 10.7. The van der Waals surface area contributed by atoms with Crippen molar-refractivity contribution in [1.29, 1.82) is 0 Å². The van der Waals surface area contributed by atoms with E-state index < -0.39 is 22.5 Å². The molecule has 38 heavy (non-hydrogen) atoms. The van der Waals surface area contributed by atoms with Crippen LogP contribution in [0.25, 0.3) is 0 Å². The summed E-state index contributed by atoms with van der Waals surface area (Å²) in [5, 5.41) is 5.48. The highest BCUT2D eigenvalue weighted by Crippen LogP contribution is 2.27. The van der Waals surface area contributed by atoms with Crippen LogP contribution >= 0.6 is 15.9 Å². The topological polar surface area (TPSA) is 114 Å². The lowest BCUT2D eigenvalue weighted by molar-refractivity contribution is -0.114. The number of rotatable bonds is 13. The monoisotopic (exact) mass is 603 g/mol. The number of benzene rings is 3. The lowest BCUT2D eigenvalue weighted by Gasteiger charge is -2.24. The van der Waals surface area contributed by atoms with Gasteiger partial charge in [0, 0.05) is 24.7 Å². The van der Waals surface area contributed by atoms with Gasteiger partial charge in [-0.25, -0.2) is 8.42 Å². The third-order valence-electron chi connectivity index (χ3n) is 5.38. The number of carbonyl (C=O) groups excluding carboxylic acids is 2. The van der Waals surface area contributed by atoms with Crippen molar-refractivity contribution in [2.45, 2.75) is 18.2 Å². The van der Waals surface area contributed by atoms with E-state index in [1.807, 2.05) is 6.92 Å². The van der Waals surface area contributed by atoms with Gasteiger partial charge >= 0.3 is 0 Å². The van der Waals surface area contributed by atoms with E-state index in [0.29, 0.717) is 31.9 Å².